The van der Waals surface area contributed by atoms with Crippen molar-refractivity contribution in [3.63, 3.8) is 0 Å². The lowest BCUT2D eigenvalue weighted by Crippen LogP contribution is -2.30. The molecule has 17 heavy (non-hydrogen) atoms. The van der Waals surface area contributed by atoms with Gasteiger partial charge in [-0.3, -0.25) is 0 Å². The maximum Gasteiger partial charge on any atom is 0.0838 e. The minimum Gasteiger partial charge on any atom is -0.390 e. The van der Waals surface area contributed by atoms with Gasteiger partial charge in [0.25, 0.3) is 0 Å². The summed E-state index contributed by atoms with van der Waals surface area (Å²) in [4.78, 5) is 0. The fourth-order valence-electron chi connectivity index (χ4n) is 2.40. The largest absolute Gasteiger partial charge is 0.390 e. The fraction of sp³-hybridized carbons (Fsp3) is 0.600. The summed E-state index contributed by atoms with van der Waals surface area (Å²) >= 11 is 0. The van der Waals surface area contributed by atoms with Crippen LogP contribution in [-0.4, -0.2) is 17.3 Å². The molecule has 1 aromatic carbocycles. The Kier molecular flexibility index (Phi) is 5.02. The van der Waals surface area contributed by atoms with Crippen molar-refractivity contribution in [3.8, 4) is 0 Å². The topological polar surface area (TPSA) is 29.5 Å². The number of ether oxygens (including phenoxy) is 1. The molecule has 0 radical (unpaired) electrons. The van der Waals surface area contributed by atoms with Crippen LogP contribution in [0.1, 0.15) is 44.1 Å². The van der Waals surface area contributed by atoms with Gasteiger partial charge in [-0.25, -0.2) is 0 Å². The first-order valence-electron chi connectivity index (χ1n) is 6.70. The molecular formula is C15H22O2. The molecule has 0 spiro atoms. The van der Waals surface area contributed by atoms with Crippen LogP contribution in [0.25, 0.3) is 0 Å². The van der Waals surface area contributed by atoms with Crippen LogP contribution in [0.4, 0.5) is 0 Å². The Morgan fingerprint density at radius 2 is 1.71 bits per heavy atom. The predicted molar refractivity (Wildman–Crippen MR) is 68.7 cm³/mol. The Morgan fingerprint density at radius 3 is 2.47 bits per heavy atom. The molecule has 2 rings (SSSR count). The zero-order chi connectivity index (χ0) is 11.9. The molecule has 0 bridgehead atoms. The van der Waals surface area contributed by atoms with E-state index in [1.165, 1.54) is 24.8 Å². The second-order valence-electron chi connectivity index (χ2n) is 4.89. The molecule has 0 saturated heterocycles. The van der Waals surface area contributed by atoms with E-state index in [4.69, 9.17) is 4.74 Å². The normalized spacial score (nSPS) is 26.2. The molecule has 1 aromatic rings. The van der Waals surface area contributed by atoms with E-state index >= 15 is 0 Å². The van der Waals surface area contributed by atoms with Gasteiger partial charge >= 0.3 is 0 Å². The second-order valence-corrected chi connectivity index (χ2v) is 4.89. The molecule has 94 valence electrons. The summed E-state index contributed by atoms with van der Waals surface area (Å²) in [5.41, 5.74) is 1.18. The van der Waals surface area contributed by atoms with Gasteiger partial charge in [0.15, 0.2) is 0 Å². The van der Waals surface area contributed by atoms with Crippen LogP contribution >= 0.6 is 0 Å². The van der Waals surface area contributed by atoms with Crippen LogP contribution < -0.4 is 0 Å². The molecule has 0 heterocycles. The number of aliphatic hydroxyl groups excluding tert-OH is 1. The highest BCUT2D eigenvalue weighted by molar-refractivity contribution is 5.13. The van der Waals surface area contributed by atoms with E-state index in [-0.39, 0.29) is 12.2 Å². The quantitative estimate of drug-likeness (QED) is 0.869. The van der Waals surface area contributed by atoms with E-state index < -0.39 is 0 Å². The maximum absolute atomic E-state index is 10.0. The van der Waals surface area contributed by atoms with Crippen molar-refractivity contribution < 1.29 is 9.84 Å². The highest BCUT2D eigenvalue weighted by atomic mass is 16.5. The molecule has 0 aliphatic heterocycles. The molecule has 2 unspecified atom stereocenters. The van der Waals surface area contributed by atoms with Crippen molar-refractivity contribution in [1.29, 1.82) is 0 Å². The van der Waals surface area contributed by atoms with Gasteiger partial charge in [-0.05, 0) is 18.4 Å². The van der Waals surface area contributed by atoms with E-state index in [0.717, 1.165) is 19.3 Å². The van der Waals surface area contributed by atoms with Crippen LogP contribution in [0.3, 0.4) is 0 Å². The molecule has 0 amide bonds. The first kappa shape index (κ1) is 12.6. The Hall–Kier alpha value is -0.860. The van der Waals surface area contributed by atoms with Crippen molar-refractivity contribution in [2.45, 2.75) is 57.3 Å². The zero-order valence-electron chi connectivity index (χ0n) is 10.3. The molecular weight excluding hydrogens is 212 g/mol. The van der Waals surface area contributed by atoms with Crippen LogP contribution in [0, 0.1) is 0 Å². The van der Waals surface area contributed by atoms with Gasteiger partial charge in [0, 0.05) is 0 Å². The first-order chi connectivity index (χ1) is 8.36. The van der Waals surface area contributed by atoms with Gasteiger partial charge in [0.05, 0.1) is 18.8 Å². The highest BCUT2D eigenvalue weighted by Gasteiger charge is 2.21. The third kappa shape index (κ3) is 4.14. The molecule has 2 atom stereocenters. The standard InChI is InChI=1S/C15H22O2/c16-14-10-6-1-2-7-11-15(14)17-12-13-8-4-3-5-9-13/h3-5,8-9,14-16H,1-2,6-7,10-12H2. The van der Waals surface area contributed by atoms with Gasteiger partial charge in [0.1, 0.15) is 0 Å². The highest BCUT2D eigenvalue weighted by Crippen LogP contribution is 2.21. The molecule has 0 aromatic heterocycles. The van der Waals surface area contributed by atoms with Crippen molar-refractivity contribution in [3.05, 3.63) is 35.9 Å². The van der Waals surface area contributed by atoms with Crippen LogP contribution in [0.15, 0.2) is 30.3 Å². The summed E-state index contributed by atoms with van der Waals surface area (Å²) in [6.07, 6.45) is 6.46. The Bertz CT molecular complexity index is 310. The van der Waals surface area contributed by atoms with Crippen molar-refractivity contribution >= 4 is 0 Å². The summed E-state index contributed by atoms with van der Waals surface area (Å²) in [6.45, 7) is 0.614. The average Bonchev–Trinajstić information content (AvgIpc) is 2.35. The molecule has 1 N–H and O–H groups in total. The van der Waals surface area contributed by atoms with Gasteiger partial charge in [-0.2, -0.15) is 0 Å². The van der Waals surface area contributed by atoms with E-state index in [1.807, 2.05) is 18.2 Å². The van der Waals surface area contributed by atoms with Crippen molar-refractivity contribution in [2.75, 3.05) is 0 Å². The van der Waals surface area contributed by atoms with Crippen molar-refractivity contribution in [1.82, 2.24) is 0 Å². The molecule has 1 fully saturated rings. The summed E-state index contributed by atoms with van der Waals surface area (Å²) in [7, 11) is 0. The Labute approximate surface area is 104 Å². The van der Waals surface area contributed by atoms with Gasteiger partial charge in [-0.15, -0.1) is 0 Å². The summed E-state index contributed by atoms with van der Waals surface area (Å²) < 4.78 is 5.87. The van der Waals surface area contributed by atoms with Crippen LogP contribution in [0.2, 0.25) is 0 Å². The van der Waals surface area contributed by atoms with E-state index in [1.54, 1.807) is 0 Å². The number of hydrogen-bond donors (Lipinski definition) is 1. The second kappa shape index (κ2) is 6.77. The average molecular weight is 234 g/mol. The summed E-state index contributed by atoms with van der Waals surface area (Å²) in [5.74, 6) is 0. The van der Waals surface area contributed by atoms with Gasteiger partial charge in [0.2, 0.25) is 0 Å². The lowest BCUT2D eigenvalue weighted by molar-refractivity contribution is -0.0571. The smallest absolute Gasteiger partial charge is 0.0838 e. The number of benzene rings is 1. The number of rotatable bonds is 3. The SMILES string of the molecule is OC1CCCCCCC1OCc1ccccc1. The molecule has 2 nitrogen and oxygen atoms in total. The maximum atomic E-state index is 10.0. The van der Waals surface area contributed by atoms with Gasteiger partial charge < -0.3 is 9.84 Å². The van der Waals surface area contributed by atoms with Crippen molar-refractivity contribution in [2.24, 2.45) is 0 Å². The summed E-state index contributed by atoms with van der Waals surface area (Å²) in [5, 5.41) is 10.0. The van der Waals surface area contributed by atoms with E-state index in [0.29, 0.717) is 6.61 Å². The van der Waals surface area contributed by atoms with Crippen LogP contribution in [-0.2, 0) is 11.3 Å². The third-order valence-corrected chi connectivity index (χ3v) is 3.47. The molecule has 1 aliphatic carbocycles. The third-order valence-electron chi connectivity index (χ3n) is 3.47. The monoisotopic (exact) mass is 234 g/mol. The van der Waals surface area contributed by atoms with Gasteiger partial charge in [-0.1, -0.05) is 56.0 Å². The lowest BCUT2D eigenvalue weighted by Gasteiger charge is -2.25. The lowest BCUT2D eigenvalue weighted by atomic mass is 9.96. The molecule has 1 saturated carbocycles. The zero-order valence-corrected chi connectivity index (χ0v) is 10.3. The molecule has 2 heteroatoms. The number of aliphatic hydroxyl groups is 1. The van der Waals surface area contributed by atoms with E-state index in [9.17, 15) is 5.11 Å². The molecule has 1 aliphatic rings. The fourth-order valence-corrected chi connectivity index (χ4v) is 2.40. The summed E-state index contributed by atoms with van der Waals surface area (Å²) in [6, 6.07) is 10.2. The van der Waals surface area contributed by atoms with E-state index in [2.05, 4.69) is 12.1 Å². The Balaban J connectivity index is 1.83. The number of hydrogen-bond acceptors (Lipinski definition) is 2. The minimum absolute atomic E-state index is 0.0236. The first-order valence-corrected chi connectivity index (χ1v) is 6.70. The predicted octanol–water partition coefficient (Wildman–Crippen LogP) is 3.29. The van der Waals surface area contributed by atoms with Crippen LogP contribution in [0.5, 0.6) is 0 Å². The minimum atomic E-state index is -0.279. The Morgan fingerprint density at radius 1 is 1.00 bits per heavy atom.